The Morgan fingerprint density at radius 3 is 2.13 bits per heavy atom. The van der Waals surface area contributed by atoms with Gasteiger partial charge in [-0.05, 0) is 69.7 Å². The number of halogens is 1. The minimum absolute atomic E-state index is 0.251. The number of ether oxygens (including phenoxy) is 1. The van der Waals surface area contributed by atoms with Crippen molar-refractivity contribution in [2.45, 2.75) is 58.1 Å². The van der Waals surface area contributed by atoms with E-state index in [4.69, 9.17) is 16.3 Å². The number of rotatable bonds is 9. The molecule has 1 amide bonds. The molecule has 0 aliphatic carbocycles. The number of carboxylic acid groups (broad SMARTS) is 1. The second-order valence-corrected chi connectivity index (χ2v) is 8.91. The standard InChI is InChI=1S/C24H30ClNO4/c1-24(2,3)30-23(29)26-21(16-18-9-12-20(25)13-10-18)14-11-19(22(27)28)15-17-7-5-4-6-8-17/h4-10,12-13,19,21H,11,14-16H2,1-3H3,(H,26,29)(H,27,28). The summed E-state index contributed by atoms with van der Waals surface area (Å²) in [6, 6.07) is 16.7. The third kappa shape index (κ3) is 8.87. The first kappa shape index (κ1) is 23.7. The number of carbonyl (C=O) groups excluding carboxylic acids is 1. The minimum atomic E-state index is -0.832. The van der Waals surface area contributed by atoms with Gasteiger partial charge in [-0.3, -0.25) is 4.79 Å². The van der Waals surface area contributed by atoms with Crippen LogP contribution in [0.3, 0.4) is 0 Å². The van der Waals surface area contributed by atoms with Gasteiger partial charge >= 0.3 is 12.1 Å². The summed E-state index contributed by atoms with van der Waals surface area (Å²) in [5, 5.41) is 13.2. The normalized spacial score (nSPS) is 13.3. The van der Waals surface area contributed by atoms with Crippen LogP contribution in [0, 0.1) is 5.92 Å². The van der Waals surface area contributed by atoms with Crippen LogP contribution in [0.2, 0.25) is 5.02 Å². The topological polar surface area (TPSA) is 75.6 Å². The van der Waals surface area contributed by atoms with E-state index in [-0.39, 0.29) is 6.04 Å². The molecule has 162 valence electrons. The zero-order chi connectivity index (χ0) is 22.1. The predicted molar refractivity (Wildman–Crippen MR) is 119 cm³/mol. The molecule has 0 aromatic heterocycles. The summed E-state index contributed by atoms with van der Waals surface area (Å²) in [6.45, 7) is 5.42. The predicted octanol–water partition coefficient (Wildman–Crippen LogP) is 5.50. The summed E-state index contributed by atoms with van der Waals surface area (Å²) in [5.41, 5.74) is 1.39. The molecule has 0 bridgehead atoms. The van der Waals surface area contributed by atoms with Crippen molar-refractivity contribution in [3.05, 3.63) is 70.7 Å². The van der Waals surface area contributed by atoms with Gasteiger partial charge in [0, 0.05) is 11.1 Å². The van der Waals surface area contributed by atoms with Crippen LogP contribution < -0.4 is 5.32 Å². The Hall–Kier alpha value is -2.53. The van der Waals surface area contributed by atoms with Crippen molar-refractivity contribution in [3.8, 4) is 0 Å². The number of hydrogen-bond donors (Lipinski definition) is 2. The Morgan fingerprint density at radius 2 is 1.57 bits per heavy atom. The van der Waals surface area contributed by atoms with E-state index in [1.54, 1.807) is 32.9 Å². The molecule has 0 fully saturated rings. The first-order chi connectivity index (χ1) is 14.1. The number of benzene rings is 2. The van der Waals surface area contributed by atoms with E-state index >= 15 is 0 Å². The van der Waals surface area contributed by atoms with Gasteiger partial charge in [0.25, 0.3) is 0 Å². The Morgan fingerprint density at radius 1 is 0.967 bits per heavy atom. The van der Waals surface area contributed by atoms with E-state index < -0.39 is 23.6 Å². The number of alkyl carbamates (subject to hydrolysis) is 1. The van der Waals surface area contributed by atoms with Crippen LogP contribution in [0.1, 0.15) is 44.7 Å². The fourth-order valence-electron chi connectivity index (χ4n) is 3.22. The van der Waals surface area contributed by atoms with E-state index in [0.717, 1.165) is 11.1 Å². The van der Waals surface area contributed by atoms with Crippen molar-refractivity contribution in [2.24, 2.45) is 5.92 Å². The highest BCUT2D eigenvalue weighted by Crippen LogP contribution is 2.19. The lowest BCUT2D eigenvalue weighted by atomic mass is 9.91. The maximum absolute atomic E-state index is 12.3. The van der Waals surface area contributed by atoms with Gasteiger partial charge in [0.2, 0.25) is 0 Å². The molecule has 0 saturated carbocycles. The summed E-state index contributed by atoms with van der Waals surface area (Å²) in [5.74, 6) is -1.36. The van der Waals surface area contributed by atoms with Crippen LogP contribution in [0.25, 0.3) is 0 Å². The molecule has 2 rings (SSSR count). The molecule has 0 aliphatic heterocycles. The highest BCUT2D eigenvalue weighted by molar-refractivity contribution is 6.30. The highest BCUT2D eigenvalue weighted by atomic mass is 35.5. The largest absolute Gasteiger partial charge is 0.481 e. The number of carboxylic acids is 1. The first-order valence-corrected chi connectivity index (χ1v) is 10.5. The summed E-state index contributed by atoms with van der Waals surface area (Å²) in [7, 11) is 0. The molecular weight excluding hydrogens is 402 g/mol. The van der Waals surface area contributed by atoms with Gasteiger partial charge in [0.1, 0.15) is 5.60 Å². The lowest BCUT2D eigenvalue weighted by molar-refractivity contribution is -0.142. The maximum Gasteiger partial charge on any atom is 0.407 e. The van der Waals surface area contributed by atoms with E-state index in [1.807, 2.05) is 42.5 Å². The molecule has 2 N–H and O–H groups in total. The SMILES string of the molecule is CC(C)(C)OC(=O)NC(CCC(Cc1ccccc1)C(=O)O)Cc1ccc(Cl)cc1. The molecular formula is C24H30ClNO4. The molecule has 0 aliphatic rings. The number of amides is 1. The monoisotopic (exact) mass is 431 g/mol. The molecule has 30 heavy (non-hydrogen) atoms. The Kier molecular flexibility index (Phi) is 8.72. The highest BCUT2D eigenvalue weighted by Gasteiger charge is 2.23. The fourth-order valence-corrected chi connectivity index (χ4v) is 3.34. The first-order valence-electron chi connectivity index (χ1n) is 10.1. The van der Waals surface area contributed by atoms with Crippen molar-refractivity contribution in [1.29, 1.82) is 0 Å². The smallest absolute Gasteiger partial charge is 0.407 e. The second-order valence-electron chi connectivity index (χ2n) is 8.48. The van der Waals surface area contributed by atoms with E-state index in [0.29, 0.717) is 30.7 Å². The lowest BCUT2D eigenvalue weighted by Gasteiger charge is -2.24. The molecule has 2 unspecified atom stereocenters. The third-order valence-electron chi connectivity index (χ3n) is 4.65. The van der Waals surface area contributed by atoms with Crippen molar-refractivity contribution in [2.75, 3.05) is 0 Å². The summed E-state index contributed by atoms with van der Waals surface area (Å²) in [4.78, 5) is 24.1. The number of aliphatic carboxylic acids is 1. The van der Waals surface area contributed by atoms with Gasteiger partial charge in [0.05, 0.1) is 5.92 Å². The Labute approximate surface area is 183 Å². The van der Waals surface area contributed by atoms with Crippen LogP contribution in [-0.2, 0) is 22.4 Å². The molecule has 2 aromatic rings. The second kappa shape index (κ2) is 11.0. The van der Waals surface area contributed by atoms with Gasteiger partial charge in [-0.2, -0.15) is 0 Å². The molecule has 2 aromatic carbocycles. The molecule has 0 spiro atoms. The quantitative estimate of drug-likeness (QED) is 0.549. The van der Waals surface area contributed by atoms with Gasteiger partial charge < -0.3 is 15.2 Å². The summed E-state index contributed by atoms with van der Waals surface area (Å²) < 4.78 is 5.39. The molecule has 0 radical (unpaired) electrons. The van der Waals surface area contributed by atoms with Crippen LogP contribution >= 0.6 is 11.6 Å². The van der Waals surface area contributed by atoms with Gasteiger partial charge in [-0.1, -0.05) is 54.1 Å². The average molecular weight is 432 g/mol. The Balaban J connectivity index is 2.06. The molecule has 2 atom stereocenters. The van der Waals surface area contributed by atoms with Crippen molar-refractivity contribution in [1.82, 2.24) is 5.32 Å². The zero-order valence-electron chi connectivity index (χ0n) is 17.7. The minimum Gasteiger partial charge on any atom is -0.481 e. The van der Waals surface area contributed by atoms with Crippen LogP contribution in [0.4, 0.5) is 4.79 Å². The maximum atomic E-state index is 12.3. The van der Waals surface area contributed by atoms with E-state index in [2.05, 4.69) is 5.32 Å². The Bertz CT molecular complexity index is 815. The summed E-state index contributed by atoms with van der Waals surface area (Å²) in [6.07, 6.45) is 1.48. The number of nitrogens with one attached hydrogen (secondary N) is 1. The van der Waals surface area contributed by atoms with E-state index in [9.17, 15) is 14.7 Å². The van der Waals surface area contributed by atoms with Gasteiger partial charge in [-0.15, -0.1) is 0 Å². The summed E-state index contributed by atoms with van der Waals surface area (Å²) >= 11 is 5.96. The van der Waals surface area contributed by atoms with Gasteiger partial charge in [0.15, 0.2) is 0 Å². The van der Waals surface area contributed by atoms with Crippen molar-refractivity contribution in [3.63, 3.8) is 0 Å². The number of hydrogen-bond acceptors (Lipinski definition) is 3. The molecule has 6 heteroatoms. The van der Waals surface area contributed by atoms with Crippen molar-refractivity contribution < 1.29 is 19.4 Å². The number of carbonyl (C=O) groups is 2. The van der Waals surface area contributed by atoms with Crippen molar-refractivity contribution >= 4 is 23.7 Å². The molecule has 5 nitrogen and oxygen atoms in total. The zero-order valence-corrected chi connectivity index (χ0v) is 18.5. The van der Waals surface area contributed by atoms with Crippen LogP contribution in [0.15, 0.2) is 54.6 Å². The molecule has 0 saturated heterocycles. The third-order valence-corrected chi connectivity index (χ3v) is 4.91. The molecule has 0 heterocycles. The van der Waals surface area contributed by atoms with Crippen LogP contribution in [-0.4, -0.2) is 28.8 Å². The lowest BCUT2D eigenvalue weighted by Crippen LogP contribution is -2.40. The fraction of sp³-hybridized carbons (Fsp3) is 0.417. The van der Waals surface area contributed by atoms with Gasteiger partial charge in [-0.25, -0.2) is 4.79 Å². The average Bonchev–Trinajstić information content (AvgIpc) is 2.65. The van der Waals surface area contributed by atoms with Crippen LogP contribution in [0.5, 0.6) is 0 Å². The van der Waals surface area contributed by atoms with E-state index in [1.165, 1.54) is 0 Å².